The van der Waals surface area contributed by atoms with Gasteiger partial charge < -0.3 is 10.4 Å². The highest BCUT2D eigenvalue weighted by Gasteiger charge is 2.42. The number of carbonyl (C=O) groups is 1. The molecule has 18 heavy (non-hydrogen) atoms. The van der Waals surface area contributed by atoms with Gasteiger partial charge in [0, 0.05) is 6.54 Å². The Bertz CT molecular complexity index is 424. The van der Waals surface area contributed by atoms with Crippen LogP contribution in [0.1, 0.15) is 43.6 Å². The molecule has 1 heterocycles. The quantitative estimate of drug-likeness (QED) is 0.809. The Kier molecular flexibility index (Phi) is 3.50. The third-order valence-corrected chi connectivity index (χ3v) is 3.31. The molecule has 0 bridgehead atoms. The van der Waals surface area contributed by atoms with Gasteiger partial charge in [-0.1, -0.05) is 13.8 Å². The maximum absolute atomic E-state index is 10.6. The maximum Gasteiger partial charge on any atom is 0.356 e. The van der Waals surface area contributed by atoms with Crippen LogP contribution in [0.2, 0.25) is 0 Å². The first-order valence-corrected chi connectivity index (χ1v) is 6.30. The number of carboxylic acids is 1. The summed E-state index contributed by atoms with van der Waals surface area (Å²) in [6.45, 7) is 5.37. The summed E-state index contributed by atoms with van der Waals surface area (Å²) in [6.07, 6.45) is 6.51. The van der Waals surface area contributed by atoms with Crippen LogP contribution in [0.25, 0.3) is 0 Å². The number of hydrogen-bond acceptors (Lipinski definition) is 4. The highest BCUT2D eigenvalue weighted by atomic mass is 16.4. The Balaban J connectivity index is 1.89. The molecule has 5 heteroatoms. The number of anilines is 1. The number of nitrogens with one attached hydrogen (secondary N) is 1. The molecule has 1 aliphatic rings. The van der Waals surface area contributed by atoms with Crippen molar-refractivity contribution >= 4 is 11.8 Å². The molecule has 0 atom stereocenters. The summed E-state index contributed by atoms with van der Waals surface area (Å²) in [7, 11) is 0. The second kappa shape index (κ2) is 4.92. The van der Waals surface area contributed by atoms with E-state index in [0.717, 1.165) is 6.54 Å². The fraction of sp³-hybridized carbons (Fsp3) is 0.615. The van der Waals surface area contributed by atoms with E-state index in [2.05, 4.69) is 29.1 Å². The average Bonchev–Trinajstić information content (AvgIpc) is 3.06. The van der Waals surface area contributed by atoms with Gasteiger partial charge in [0.1, 0.15) is 5.82 Å². The second-order valence-corrected chi connectivity index (χ2v) is 5.54. The number of rotatable bonds is 6. The summed E-state index contributed by atoms with van der Waals surface area (Å²) in [4.78, 5) is 18.5. The van der Waals surface area contributed by atoms with Crippen LogP contribution in [0, 0.1) is 11.3 Å². The zero-order chi connectivity index (χ0) is 13.2. The van der Waals surface area contributed by atoms with E-state index in [-0.39, 0.29) is 5.69 Å². The number of nitrogens with zero attached hydrogens (tertiary/aromatic N) is 2. The topological polar surface area (TPSA) is 75.1 Å². The van der Waals surface area contributed by atoms with Gasteiger partial charge in [0.25, 0.3) is 0 Å². The lowest BCUT2D eigenvalue weighted by molar-refractivity contribution is 0.0690. The summed E-state index contributed by atoms with van der Waals surface area (Å²) < 4.78 is 0. The van der Waals surface area contributed by atoms with E-state index in [9.17, 15) is 4.79 Å². The molecule has 2 rings (SSSR count). The molecule has 0 saturated heterocycles. The zero-order valence-corrected chi connectivity index (χ0v) is 10.8. The zero-order valence-electron chi connectivity index (χ0n) is 10.8. The van der Waals surface area contributed by atoms with Crippen LogP contribution in [-0.4, -0.2) is 27.6 Å². The SMILES string of the molecule is CC(C)CC1(CNc2cnc(C(=O)O)cn2)CC1. The van der Waals surface area contributed by atoms with Crippen LogP contribution in [0.5, 0.6) is 0 Å². The van der Waals surface area contributed by atoms with Crippen molar-refractivity contribution in [2.45, 2.75) is 33.1 Å². The summed E-state index contributed by atoms with van der Waals surface area (Å²) in [6, 6.07) is 0. The van der Waals surface area contributed by atoms with E-state index in [0.29, 0.717) is 17.2 Å². The van der Waals surface area contributed by atoms with Crippen LogP contribution in [-0.2, 0) is 0 Å². The lowest BCUT2D eigenvalue weighted by Gasteiger charge is -2.18. The van der Waals surface area contributed by atoms with Gasteiger partial charge in [-0.2, -0.15) is 0 Å². The standard InChI is InChI=1S/C13H19N3O2/c1-9(2)5-13(3-4-13)8-16-11-7-14-10(6-15-11)12(17)18/h6-7,9H,3-5,8H2,1-2H3,(H,15,16)(H,17,18). The Labute approximate surface area is 107 Å². The monoisotopic (exact) mass is 249 g/mol. The molecule has 0 spiro atoms. The number of aromatic nitrogens is 2. The van der Waals surface area contributed by atoms with E-state index < -0.39 is 5.97 Å². The fourth-order valence-corrected chi connectivity index (χ4v) is 2.30. The van der Waals surface area contributed by atoms with Crippen molar-refractivity contribution in [1.82, 2.24) is 9.97 Å². The number of hydrogen-bond donors (Lipinski definition) is 2. The molecule has 5 nitrogen and oxygen atoms in total. The molecule has 2 N–H and O–H groups in total. The van der Waals surface area contributed by atoms with Gasteiger partial charge in [0.15, 0.2) is 5.69 Å². The Morgan fingerprint density at radius 2 is 2.17 bits per heavy atom. The molecule has 1 aromatic heterocycles. The largest absolute Gasteiger partial charge is 0.476 e. The van der Waals surface area contributed by atoms with Gasteiger partial charge >= 0.3 is 5.97 Å². The molecule has 1 aliphatic carbocycles. The predicted octanol–water partition coefficient (Wildman–Crippen LogP) is 2.41. The molecule has 0 amide bonds. The minimum Gasteiger partial charge on any atom is -0.476 e. The molecular weight excluding hydrogens is 230 g/mol. The maximum atomic E-state index is 10.6. The normalized spacial score (nSPS) is 16.6. The van der Waals surface area contributed by atoms with Crippen LogP contribution in [0.3, 0.4) is 0 Å². The molecule has 0 unspecified atom stereocenters. The summed E-state index contributed by atoms with van der Waals surface area (Å²) >= 11 is 0. The Morgan fingerprint density at radius 1 is 1.44 bits per heavy atom. The molecule has 0 radical (unpaired) electrons. The van der Waals surface area contributed by atoms with Crippen molar-refractivity contribution in [1.29, 1.82) is 0 Å². The van der Waals surface area contributed by atoms with E-state index in [1.165, 1.54) is 31.7 Å². The smallest absolute Gasteiger partial charge is 0.356 e. The van der Waals surface area contributed by atoms with Crippen molar-refractivity contribution in [3.05, 3.63) is 18.1 Å². The van der Waals surface area contributed by atoms with Gasteiger partial charge in [0.05, 0.1) is 12.4 Å². The molecule has 0 aliphatic heterocycles. The summed E-state index contributed by atoms with van der Waals surface area (Å²) in [5.74, 6) is 0.303. The van der Waals surface area contributed by atoms with Crippen molar-refractivity contribution in [2.24, 2.45) is 11.3 Å². The second-order valence-electron chi connectivity index (χ2n) is 5.54. The summed E-state index contributed by atoms with van der Waals surface area (Å²) in [5, 5.41) is 12.0. The van der Waals surface area contributed by atoms with Crippen molar-refractivity contribution < 1.29 is 9.90 Å². The minimum atomic E-state index is -1.05. The first-order chi connectivity index (χ1) is 8.51. The fourth-order valence-electron chi connectivity index (χ4n) is 2.30. The average molecular weight is 249 g/mol. The Hall–Kier alpha value is -1.65. The minimum absolute atomic E-state index is 0.0242. The first kappa shape index (κ1) is 12.8. The van der Waals surface area contributed by atoms with Crippen LogP contribution >= 0.6 is 0 Å². The van der Waals surface area contributed by atoms with E-state index in [4.69, 9.17) is 5.11 Å². The van der Waals surface area contributed by atoms with E-state index >= 15 is 0 Å². The summed E-state index contributed by atoms with van der Waals surface area (Å²) in [5.41, 5.74) is 0.394. The molecule has 1 aromatic rings. The number of carboxylic acid groups (broad SMARTS) is 1. The van der Waals surface area contributed by atoms with E-state index in [1.54, 1.807) is 0 Å². The molecule has 1 saturated carbocycles. The van der Waals surface area contributed by atoms with Crippen molar-refractivity contribution in [3.63, 3.8) is 0 Å². The lowest BCUT2D eigenvalue weighted by Crippen LogP contribution is -2.18. The van der Waals surface area contributed by atoms with Crippen LogP contribution in [0.15, 0.2) is 12.4 Å². The molecule has 98 valence electrons. The van der Waals surface area contributed by atoms with Crippen molar-refractivity contribution in [2.75, 3.05) is 11.9 Å². The Morgan fingerprint density at radius 3 is 2.61 bits per heavy atom. The number of aromatic carboxylic acids is 1. The van der Waals surface area contributed by atoms with Gasteiger partial charge in [-0.05, 0) is 30.6 Å². The molecular formula is C13H19N3O2. The third-order valence-electron chi connectivity index (χ3n) is 3.31. The molecule has 1 fully saturated rings. The van der Waals surface area contributed by atoms with E-state index in [1.807, 2.05) is 0 Å². The van der Waals surface area contributed by atoms with Gasteiger partial charge in [0.2, 0.25) is 0 Å². The highest BCUT2D eigenvalue weighted by molar-refractivity contribution is 5.84. The predicted molar refractivity (Wildman–Crippen MR) is 68.6 cm³/mol. The van der Waals surface area contributed by atoms with Crippen LogP contribution in [0.4, 0.5) is 5.82 Å². The highest BCUT2D eigenvalue weighted by Crippen LogP contribution is 2.50. The first-order valence-electron chi connectivity index (χ1n) is 6.30. The van der Waals surface area contributed by atoms with Gasteiger partial charge in [-0.25, -0.2) is 14.8 Å². The van der Waals surface area contributed by atoms with Gasteiger partial charge in [-0.15, -0.1) is 0 Å². The third kappa shape index (κ3) is 3.18. The van der Waals surface area contributed by atoms with Crippen molar-refractivity contribution in [3.8, 4) is 0 Å². The molecule has 0 aromatic carbocycles. The van der Waals surface area contributed by atoms with Crippen LogP contribution < -0.4 is 5.32 Å². The lowest BCUT2D eigenvalue weighted by atomic mass is 9.94. The van der Waals surface area contributed by atoms with Gasteiger partial charge in [-0.3, -0.25) is 0 Å².